The number of nitrogens with one attached hydrogen (secondary N) is 1. The summed E-state index contributed by atoms with van der Waals surface area (Å²) < 4.78 is 5.18. The Morgan fingerprint density at radius 2 is 2.00 bits per heavy atom. The minimum atomic E-state index is -0.901. The number of esters is 1. The second kappa shape index (κ2) is 8.40. The minimum absolute atomic E-state index is 0.0289. The topological polar surface area (TPSA) is 96.0 Å². The third-order valence-electron chi connectivity index (χ3n) is 6.90. The molecule has 0 aromatic rings. The van der Waals surface area contributed by atoms with Crippen LogP contribution in [0.4, 0.5) is 4.79 Å². The highest BCUT2D eigenvalue weighted by atomic mass is 16.5. The summed E-state index contributed by atoms with van der Waals surface area (Å²) in [4.78, 5) is 53.1. The Balaban J connectivity index is 1.33. The lowest BCUT2D eigenvalue weighted by Gasteiger charge is -2.36. The largest absolute Gasteiger partial charge is 0.454 e. The van der Waals surface area contributed by atoms with Crippen LogP contribution < -0.4 is 5.32 Å². The van der Waals surface area contributed by atoms with E-state index in [0.29, 0.717) is 6.42 Å². The van der Waals surface area contributed by atoms with Crippen LogP contribution in [0.25, 0.3) is 0 Å². The Morgan fingerprint density at radius 1 is 1.20 bits per heavy atom. The summed E-state index contributed by atoms with van der Waals surface area (Å²) in [6.07, 6.45) is 11.5. The Labute approximate surface area is 177 Å². The molecule has 2 atom stereocenters. The van der Waals surface area contributed by atoms with E-state index in [1.165, 1.54) is 0 Å². The second-order valence-corrected chi connectivity index (χ2v) is 9.04. The van der Waals surface area contributed by atoms with Crippen molar-refractivity contribution in [2.45, 2.75) is 82.7 Å². The molecule has 164 valence electrons. The van der Waals surface area contributed by atoms with Gasteiger partial charge in [0.25, 0.3) is 11.8 Å². The van der Waals surface area contributed by atoms with Gasteiger partial charge >= 0.3 is 12.0 Å². The zero-order valence-corrected chi connectivity index (χ0v) is 17.7. The molecule has 2 saturated carbocycles. The molecule has 1 N–H and O–H groups in total. The summed E-state index contributed by atoms with van der Waals surface area (Å²) in [6.45, 7) is 1.14. The van der Waals surface area contributed by atoms with Crippen molar-refractivity contribution in [2.24, 2.45) is 5.92 Å². The fourth-order valence-corrected chi connectivity index (χ4v) is 5.00. The molecular formula is C22H31N3O5. The maximum absolute atomic E-state index is 12.9. The number of nitrogens with zero attached hydrogens (tertiary/aromatic N) is 2. The molecule has 0 radical (unpaired) electrons. The van der Waals surface area contributed by atoms with Crippen molar-refractivity contribution in [3.63, 3.8) is 0 Å². The van der Waals surface area contributed by atoms with Crippen molar-refractivity contribution >= 4 is 23.8 Å². The van der Waals surface area contributed by atoms with E-state index in [0.717, 1.165) is 68.4 Å². The number of imide groups is 1. The van der Waals surface area contributed by atoms with E-state index >= 15 is 0 Å². The van der Waals surface area contributed by atoms with Gasteiger partial charge in [0.15, 0.2) is 6.61 Å². The van der Waals surface area contributed by atoms with E-state index in [1.807, 2.05) is 6.92 Å². The van der Waals surface area contributed by atoms with Gasteiger partial charge in [0.2, 0.25) is 0 Å². The van der Waals surface area contributed by atoms with E-state index in [4.69, 9.17) is 4.74 Å². The molecule has 0 aromatic carbocycles. The van der Waals surface area contributed by atoms with Gasteiger partial charge in [0.1, 0.15) is 12.1 Å². The molecule has 1 aliphatic heterocycles. The molecule has 1 spiro atoms. The van der Waals surface area contributed by atoms with Crippen LogP contribution in [0.3, 0.4) is 0 Å². The summed E-state index contributed by atoms with van der Waals surface area (Å²) >= 11 is 0. The third-order valence-corrected chi connectivity index (χ3v) is 6.90. The Morgan fingerprint density at radius 3 is 2.67 bits per heavy atom. The number of carbonyl (C=O) groups excluding carboxylic acids is 4. The van der Waals surface area contributed by atoms with Crippen LogP contribution in [0.1, 0.15) is 71.1 Å². The van der Waals surface area contributed by atoms with E-state index in [2.05, 4.69) is 11.4 Å². The Kier molecular flexibility index (Phi) is 5.84. The van der Waals surface area contributed by atoms with Gasteiger partial charge < -0.3 is 15.0 Å². The van der Waals surface area contributed by atoms with E-state index in [9.17, 15) is 19.2 Å². The third kappa shape index (κ3) is 3.96. The molecule has 1 saturated heterocycles. The lowest BCUT2D eigenvalue weighted by atomic mass is 9.73. The molecule has 0 unspecified atom stereocenters. The van der Waals surface area contributed by atoms with Crippen LogP contribution in [0.15, 0.2) is 11.8 Å². The number of hydrogen-bond acceptors (Lipinski definition) is 5. The number of carbonyl (C=O) groups is 4. The molecule has 4 rings (SSSR count). The molecule has 8 nitrogen and oxygen atoms in total. The predicted molar refractivity (Wildman–Crippen MR) is 108 cm³/mol. The van der Waals surface area contributed by atoms with Crippen LogP contribution in [-0.4, -0.2) is 58.3 Å². The first-order valence-corrected chi connectivity index (χ1v) is 11.2. The van der Waals surface area contributed by atoms with Crippen LogP contribution in [0, 0.1) is 5.92 Å². The van der Waals surface area contributed by atoms with Gasteiger partial charge in [-0.2, -0.15) is 0 Å². The van der Waals surface area contributed by atoms with Crippen molar-refractivity contribution in [3.8, 4) is 0 Å². The lowest BCUT2D eigenvalue weighted by molar-refractivity contribution is -0.153. The molecule has 8 heteroatoms. The summed E-state index contributed by atoms with van der Waals surface area (Å²) in [5.74, 6) is -1.29. The molecule has 0 aromatic heterocycles. The van der Waals surface area contributed by atoms with Crippen LogP contribution in [0.5, 0.6) is 0 Å². The maximum Gasteiger partial charge on any atom is 0.326 e. The second-order valence-electron chi connectivity index (χ2n) is 9.04. The average molecular weight is 418 g/mol. The van der Waals surface area contributed by atoms with Gasteiger partial charge in [-0.05, 0) is 57.3 Å². The standard InChI is InChI=1S/C22H31N3O5/c1-15-7-5-6-12-22(15)20(28)24(21(29)23-22)13-19(27)30-14-18(26)25(17-10-11-17)16-8-3-2-4-9-16/h8,15,17H,2-7,9-14H2,1H3,(H,23,29)/t15-,22+/m1/s1. The highest BCUT2D eigenvalue weighted by Gasteiger charge is 2.55. The quantitative estimate of drug-likeness (QED) is 0.529. The Bertz CT molecular complexity index is 775. The first-order valence-electron chi connectivity index (χ1n) is 11.2. The summed E-state index contributed by atoms with van der Waals surface area (Å²) in [7, 11) is 0. The molecule has 3 fully saturated rings. The molecule has 1 heterocycles. The van der Waals surface area contributed by atoms with E-state index in [-0.39, 0.29) is 30.4 Å². The zero-order valence-electron chi connectivity index (χ0n) is 17.7. The normalized spacial score (nSPS) is 28.9. The molecule has 3 aliphatic carbocycles. The first kappa shape index (κ1) is 20.9. The number of ether oxygens (including phenoxy) is 1. The van der Waals surface area contributed by atoms with Crippen LogP contribution in [-0.2, 0) is 19.1 Å². The number of urea groups is 1. The summed E-state index contributed by atoms with van der Waals surface area (Å²) in [5.41, 5.74) is 0.133. The van der Waals surface area contributed by atoms with E-state index in [1.54, 1.807) is 4.90 Å². The fraction of sp³-hybridized carbons (Fsp3) is 0.727. The monoisotopic (exact) mass is 417 g/mol. The van der Waals surface area contributed by atoms with Crippen LogP contribution in [0.2, 0.25) is 0 Å². The highest BCUT2D eigenvalue weighted by molar-refractivity contribution is 6.09. The minimum Gasteiger partial charge on any atom is -0.454 e. The molecule has 0 bridgehead atoms. The van der Waals surface area contributed by atoms with Crippen LogP contribution >= 0.6 is 0 Å². The zero-order chi connectivity index (χ0) is 21.3. The fourth-order valence-electron chi connectivity index (χ4n) is 5.00. The highest BCUT2D eigenvalue weighted by Crippen LogP contribution is 2.38. The number of allylic oxidation sites excluding steroid dienone is 2. The van der Waals surface area contributed by atoms with Gasteiger partial charge in [0, 0.05) is 11.7 Å². The van der Waals surface area contributed by atoms with Crippen molar-refractivity contribution in [3.05, 3.63) is 11.8 Å². The predicted octanol–water partition coefficient (Wildman–Crippen LogP) is 2.48. The van der Waals surface area contributed by atoms with Crippen molar-refractivity contribution in [1.82, 2.24) is 15.1 Å². The number of rotatable bonds is 6. The van der Waals surface area contributed by atoms with Gasteiger partial charge in [-0.15, -0.1) is 0 Å². The number of hydrogen-bond donors (Lipinski definition) is 1. The van der Waals surface area contributed by atoms with Gasteiger partial charge in [-0.25, -0.2) is 4.79 Å². The number of amides is 4. The molecule has 30 heavy (non-hydrogen) atoms. The SMILES string of the molecule is C[C@@H]1CCCC[C@]12NC(=O)N(CC(=O)OCC(=O)N(C1=CCCCC1)C1CC1)C2=O. The smallest absolute Gasteiger partial charge is 0.326 e. The summed E-state index contributed by atoms with van der Waals surface area (Å²) in [5, 5.41) is 2.82. The Hall–Kier alpha value is -2.38. The first-order chi connectivity index (χ1) is 14.4. The molecular weight excluding hydrogens is 386 g/mol. The molecule has 4 amide bonds. The van der Waals surface area contributed by atoms with Crippen molar-refractivity contribution in [2.75, 3.05) is 13.2 Å². The van der Waals surface area contributed by atoms with Gasteiger partial charge in [0.05, 0.1) is 0 Å². The maximum atomic E-state index is 12.9. The average Bonchev–Trinajstić information content (AvgIpc) is 3.54. The lowest BCUT2D eigenvalue weighted by Crippen LogP contribution is -2.54. The van der Waals surface area contributed by atoms with Crippen molar-refractivity contribution in [1.29, 1.82) is 0 Å². The van der Waals surface area contributed by atoms with Gasteiger partial charge in [-0.1, -0.05) is 25.8 Å². The summed E-state index contributed by atoms with van der Waals surface area (Å²) in [6, 6.07) is -0.344. The van der Waals surface area contributed by atoms with Gasteiger partial charge in [-0.3, -0.25) is 19.3 Å². The molecule has 4 aliphatic rings. The van der Waals surface area contributed by atoms with Crippen molar-refractivity contribution < 1.29 is 23.9 Å². The van der Waals surface area contributed by atoms with E-state index < -0.39 is 24.1 Å².